The average Bonchev–Trinajstić information content (AvgIpc) is 3.10. The lowest BCUT2D eigenvalue weighted by Gasteiger charge is -2.15. The molecule has 0 aliphatic heterocycles. The second kappa shape index (κ2) is 9.13. The highest BCUT2D eigenvalue weighted by atomic mass is 16.2. The number of rotatable bonds is 7. The molecule has 2 heterocycles. The molecular formula is C26H28N4O. The molecule has 5 nitrogen and oxygen atoms in total. The van der Waals surface area contributed by atoms with E-state index in [0.29, 0.717) is 0 Å². The van der Waals surface area contributed by atoms with E-state index in [2.05, 4.69) is 58.7 Å². The van der Waals surface area contributed by atoms with E-state index >= 15 is 0 Å². The van der Waals surface area contributed by atoms with E-state index in [1.54, 1.807) is 10.9 Å². The third kappa shape index (κ3) is 4.50. The highest BCUT2D eigenvalue weighted by Gasteiger charge is 2.17. The number of aryl methyl sites for hydroxylation is 2. The van der Waals surface area contributed by atoms with Gasteiger partial charge in [0.25, 0.3) is 0 Å². The molecule has 2 aromatic heterocycles. The number of hydrogen-bond acceptors (Lipinski definition) is 3. The Labute approximate surface area is 183 Å². The summed E-state index contributed by atoms with van der Waals surface area (Å²) in [6.07, 6.45) is 3.98. The van der Waals surface area contributed by atoms with Gasteiger partial charge in [-0.25, -0.2) is 9.67 Å². The van der Waals surface area contributed by atoms with Crippen molar-refractivity contribution in [3.05, 3.63) is 83.7 Å². The molecule has 4 aromatic rings. The fraction of sp³-hybridized carbons (Fsp3) is 0.269. The predicted octanol–water partition coefficient (Wildman–Crippen LogP) is 5.24. The Morgan fingerprint density at radius 1 is 1.06 bits per heavy atom. The number of hydrogen-bond donors (Lipinski definition) is 1. The van der Waals surface area contributed by atoms with E-state index < -0.39 is 0 Å². The zero-order chi connectivity index (χ0) is 21.8. The molecule has 0 radical (unpaired) electrons. The van der Waals surface area contributed by atoms with Crippen molar-refractivity contribution in [2.75, 3.05) is 0 Å². The molecule has 0 aliphatic carbocycles. The van der Waals surface area contributed by atoms with Crippen LogP contribution in [0.2, 0.25) is 0 Å². The van der Waals surface area contributed by atoms with Crippen molar-refractivity contribution in [3.8, 4) is 11.1 Å². The van der Waals surface area contributed by atoms with E-state index in [0.717, 1.165) is 46.3 Å². The second-order valence-electron chi connectivity index (χ2n) is 7.95. The number of fused-ring (bicyclic) bond motifs is 1. The maximum absolute atomic E-state index is 12.8. The van der Waals surface area contributed by atoms with Crippen LogP contribution in [0.5, 0.6) is 0 Å². The van der Waals surface area contributed by atoms with Crippen LogP contribution >= 0.6 is 0 Å². The first kappa shape index (κ1) is 20.8. The number of benzene rings is 2. The molecule has 158 valence electrons. The summed E-state index contributed by atoms with van der Waals surface area (Å²) in [4.78, 5) is 17.3. The summed E-state index contributed by atoms with van der Waals surface area (Å²) >= 11 is 0. The van der Waals surface area contributed by atoms with Crippen LogP contribution in [-0.4, -0.2) is 20.7 Å². The molecule has 2 aromatic carbocycles. The molecule has 0 saturated carbocycles. The number of carbonyl (C=O) groups excluding carboxylic acids is 1. The van der Waals surface area contributed by atoms with Crippen LogP contribution < -0.4 is 5.32 Å². The third-order valence-electron chi connectivity index (χ3n) is 5.58. The molecule has 0 bridgehead atoms. The number of amides is 1. The normalized spacial score (nSPS) is 12.1. The Hall–Kier alpha value is -3.47. The minimum Gasteiger partial charge on any atom is -0.348 e. The van der Waals surface area contributed by atoms with Gasteiger partial charge in [0, 0.05) is 11.6 Å². The van der Waals surface area contributed by atoms with Crippen LogP contribution in [0.4, 0.5) is 0 Å². The first-order valence-corrected chi connectivity index (χ1v) is 10.8. The third-order valence-corrected chi connectivity index (χ3v) is 5.58. The van der Waals surface area contributed by atoms with Gasteiger partial charge in [-0.1, -0.05) is 67.9 Å². The van der Waals surface area contributed by atoms with Gasteiger partial charge in [-0.15, -0.1) is 0 Å². The summed E-state index contributed by atoms with van der Waals surface area (Å²) in [6.45, 7) is 6.28. The monoisotopic (exact) mass is 412 g/mol. The van der Waals surface area contributed by atoms with Gasteiger partial charge < -0.3 is 5.32 Å². The van der Waals surface area contributed by atoms with Crippen molar-refractivity contribution in [1.82, 2.24) is 20.1 Å². The number of nitrogens with zero attached hydrogens (tertiary/aromatic N) is 3. The first-order chi connectivity index (χ1) is 15.1. The molecule has 0 aliphatic rings. The van der Waals surface area contributed by atoms with Crippen molar-refractivity contribution in [3.63, 3.8) is 0 Å². The lowest BCUT2D eigenvalue weighted by molar-refractivity contribution is -0.122. The summed E-state index contributed by atoms with van der Waals surface area (Å²) in [5.74, 6) is -0.0820. The Morgan fingerprint density at radius 3 is 2.52 bits per heavy atom. The van der Waals surface area contributed by atoms with E-state index in [-0.39, 0.29) is 18.5 Å². The summed E-state index contributed by atoms with van der Waals surface area (Å²) in [5, 5.41) is 8.70. The van der Waals surface area contributed by atoms with Crippen LogP contribution in [0.15, 0.2) is 66.9 Å². The van der Waals surface area contributed by atoms with Gasteiger partial charge in [-0.2, -0.15) is 5.10 Å². The van der Waals surface area contributed by atoms with Crippen LogP contribution in [0.1, 0.15) is 43.1 Å². The number of nitrogens with one attached hydrogen (secondary N) is 1. The number of aromatic nitrogens is 3. The largest absolute Gasteiger partial charge is 0.348 e. The summed E-state index contributed by atoms with van der Waals surface area (Å²) in [7, 11) is 0. The van der Waals surface area contributed by atoms with Gasteiger partial charge >= 0.3 is 0 Å². The Bertz CT molecular complexity index is 1180. The number of pyridine rings is 1. The van der Waals surface area contributed by atoms with Crippen LogP contribution in [0.25, 0.3) is 22.2 Å². The molecule has 31 heavy (non-hydrogen) atoms. The van der Waals surface area contributed by atoms with Crippen LogP contribution in [0, 0.1) is 6.92 Å². The van der Waals surface area contributed by atoms with Crippen LogP contribution in [-0.2, 0) is 17.8 Å². The van der Waals surface area contributed by atoms with Crippen molar-refractivity contribution < 1.29 is 4.79 Å². The molecule has 0 fully saturated rings. The lowest BCUT2D eigenvalue weighted by Crippen LogP contribution is -2.30. The van der Waals surface area contributed by atoms with Gasteiger partial charge in [0.05, 0.1) is 11.7 Å². The van der Waals surface area contributed by atoms with E-state index in [9.17, 15) is 4.79 Å². The molecule has 1 N–H and O–H groups in total. The minimum atomic E-state index is -0.0820. The molecule has 1 atom stereocenters. The Balaban J connectivity index is 1.53. The Morgan fingerprint density at radius 2 is 1.81 bits per heavy atom. The molecule has 0 saturated heterocycles. The quantitative estimate of drug-likeness (QED) is 0.452. The van der Waals surface area contributed by atoms with Crippen molar-refractivity contribution >= 4 is 16.9 Å². The standard InChI is InChI=1S/C26H28N4O/c1-4-8-20-11-13-21(14-12-20)18(2)28-24(31)17-30-26-25(19(3)29-30)23(15-16-27-26)22-9-6-5-7-10-22/h5-7,9-16,18H,4,8,17H2,1-3H3,(H,28,31). The zero-order valence-electron chi connectivity index (χ0n) is 18.3. The second-order valence-corrected chi connectivity index (χ2v) is 7.95. The minimum absolute atomic E-state index is 0.0704. The Kier molecular flexibility index (Phi) is 6.12. The predicted molar refractivity (Wildman–Crippen MR) is 125 cm³/mol. The zero-order valence-corrected chi connectivity index (χ0v) is 18.3. The average molecular weight is 413 g/mol. The number of carbonyl (C=O) groups is 1. The molecular weight excluding hydrogens is 384 g/mol. The van der Waals surface area contributed by atoms with Gasteiger partial charge in [0.15, 0.2) is 5.65 Å². The maximum atomic E-state index is 12.8. The van der Waals surface area contributed by atoms with Crippen molar-refractivity contribution in [2.24, 2.45) is 0 Å². The smallest absolute Gasteiger partial charge is 0.242 e. The van der Waals surface area contributed by atoms with Gasteiger partial charge in [0.1, 0.15) is 6.54 Å². The lowest BCUT2D eigenvalue weighted by atomic mass is 10.0. The van der Waals surface area contributed by atoms with Gasteiger partial charge in [-0.05, 0) is 48.6 Å². The maximum Gasteiger partial charge on any atom is 0.242 e. The fourth-order valence-corrected chi connectivity index (χ4v) is 4.02. The highest BCUT2D eigenvalue weighted by molar-refractivity contribution is 5.95. The topological polar surface area (TPSA) is 59.8 Å². The summed E-state index contributed by atoms with van der Waals surface area (Å²) in [6, 6.07) is 20.6. The summed E-state index contributed by atoms with van der Waals surface area (Å²) in [5.41, 5.74) is 6.21. The van der Waals surface area contributed by atoms with E-state index in [1.165, 1.54) is 5.56 Å². The van der Waals surface area contributed by atoms with Crippen molar-refractivity contribution in [2.45, 2.75) is 46.2 Å². The summed E-state index contributed by atoms with van der Waals surface area (Å²) < 4.78 is 1.70. The molecule has 0 spiro atoms. The van der Waals surface area contributed by atoms with Crippen molar-refractivity contribution in [1.29, 1.82) is 0 Å². The van der Waals surface area contributed by atoms with Gasteiger partial charge in [-0.3, -0.25) is 4.79 Å². The molecule has 5 heteroatoms. The van der Waals surface area contributed by atoms with E-state index in [4.69, 9.17) is 0 Å². The molecule has 1 amide bonds. The van der Waals surface area contributed by atoms with Gasteiger partial charge in [0.2, 0.25) is 5.91 Å². The molecule has 1 unspecified atom stereocenters. The van der Waals surface area contributed by atoms with E-state index in [1.807, 2.05) is 38.1 Å². The van der Waals surface area contributed by atoms with Crippen LogP contribution in [0.3, 0.4) is 0 Å². The highest BCUT2D eigenvalue weighted by Crippen LogP contribution is 2.29. The fourth-order valence-electron chi connectivity index (χ4n) is 4.02. The molecule has 4 rings (SSSR count). The SMILES string of the molecule is CCCc1ccc(C(C)NC(=O)Cn2nc(C)c3c(-c4ccccc4)ccnc32)cc1. The first-order valence-electron chi connectivity index (χ1n) is 10.8.